The van der Waals surface area contributed by atoms with E-state index in [9.17, 15) is 17.6 Å². The Morgan fingerprint density at radius 1 is 1.25 bits per heavy atom. The molecule has 0 atom stereocenters. The summed E-state index contributed by atoms with van der Waals surface area (Å²) in [5.41, 5.74) is 0.266. The molecule has 0 aliphatic rings. The van der Waals surface area contributed by atoms with E-state index < -0.39 is 25.7 Å². The van der Waals surface area contributed by atoms with Crippen LogP contribution < -0.4 is 5.32 Å². The van der Waals surface area contributed by atoms with Crippen molar-refractivity contribution in [3.63, 3.8) is 0 Å². The Bertz CT molecular complexity index is 753. The Morgan fingerprint density at radius 3 is 2.45 bits per heavy atom. The Kier molecular flexibility index (Phi) is 3.96. The molecule has 0 fully saturated rings. The lowest BCUT2D eigenvalue weighted by molar-refractivity contribution is 0.102. The molecule has 0 radical (unpaired) electrons. The highest BCUT2D eigenvalue weighted by Crippen LogP contribution is 2.22. The van der Waals surface area contributed by atoms with Crippen molar-refractivity contribution in [2.75, 3.05) is 5.32 Å². The highest BCUT2D eigenvalue weighted by molar-refractivity contribution is 8.13. The Hall–Kier alpha value is -2.06. The van der Waals surface area contributed by atoms with Gasteiger partial charge in [0, 0.05) is 28.8 Å². The van der Waals surface area contributed by atoms with Crippen LogP contribution in [0.4, 0.5) is 10.1 Å². The second kappa shape index (κ2) is 5.51. The molecule has 6 nitrogen and oxygen atoms in total. The number of carbonyl (C=O) groups is 1. The van der Waals surface area contributed by atoms with Crippen molar-refractivity contribution in [2.45, 2.75) is 4.90 Å². The van der Waals surface area contributed by atoms with Crippen LogP contribution in [-0.4, -0.2) is 24.3 Å². The van der Waals surface area contributed by atoms with Gasteiger partial charge in [-0.3, -0.25) is 4.79 Å². The van der Waals surface area contributed by atoms with Gasteiger partial charge < -0.3 is 5.32 Å². The van der Waals surface area contributed by atoms with Gasteiger partial charge in [-0.1, -0.05) is 0 Å². The third-order valence-corrected chi connectivity index (χ3v) is 3.63. The molecule has 104 valence electrons. The standard InChI is InChI=1S/C11H7ClFN3O3S/c12-20(18,19)10-2-1-8(3-9(10)13)16-11(17)7-4-14-6-15-5-7/h1-6H,(H,16,17). The number of amides is 1. The van der Waals surface area contributed by atoms with Crippen LogP contribution in [0, 0.1) is 5.82 Å². The number of aromatic nitrogens is 2. The largest absolute Gasteiger partial charge is 0.322 e. The molecule has 0 aliphatic carbocycles. The van der Waals surface area contributed by atoms with Crippen LogP contribution in [0.1, 0.15) is 10.4 Å². The third kappa shape index (κ3) is 3.28. The molecule has 0 spiro atoms. The van der Waals surface area contributed by atoms with Crippen molar-refractivity contribution in [2.24, 2.45) is 0 Å². The molecule has 20 heavy (non-hydrogen) atoms. The number of hydrogen-bond donors (Lipinski definition) is 1. The number of nitrogens with one attached hydrogen (secondary N) is 1. The number of benzene rings is 1. The highest BCUT2D eigenvalue weighted by Gasteiger charge is 2.17. The van der Waals surface area contributed by atoms with E-state index in [2.05, 4.69) is 15.3 Å². The molecule has 1 heterocycles. The number of carbonyl (C=O) groups excluding carboxylic acids is 1. The van der Waals surface area contributed by atoms with Crippen LogP contribution in [0.2, 0.25) is 0 Å². The summed E-state index contributed by atoms with van der Waals surface area (Å²) in [5, 5.41) is 2.38. The van der Waals surface area contributed by atoms with Crippen LogP contribution in [0.3, 0.4) is 0 Å². The maximum Gasteiger partial charge on any atom is 0.264 e. The van der Waals surface area contributed by atoms with Gasteiger partial charge >= 0.3 is 0 Å². The lowest BCUT2D eigenvalue weighted by atomic mass is 10.2. The molecule has 1 aromatic heterocycles. The average Bonchev–Trinajstić information content (AvgIpc) is 2.38. The van der Waals surface area contributed by atoms with Crippen LogP contribution in [0.5, 0.6) is 0 Å². The van der Waals surface area contributed by atoms with Crippen LogP contribution in [-0.2, 0) is 9.05 Å². The number of rotatable bonds is 3. The van der Waals surface area contributed by atoms with Gasteiger partial charge in [0.2, 0.25) is 0 Å². The molecule has 0 saturated heterocycles. The molecule has 0 aliphatic heterocycles. The number of nitrogens with zero attached hydrogens (tertiary/aromatic N) is 2. The van der Waals surface area contributed by atoms with E-state index in [1.54, 1.807) is 0 Å². The van der Waals surface area contributed by atoms with E-state index in [0.717, 1.165) is 12.1 Å². The summed E-state index contributed by atoms with van der Waals surface area (Å²) in [6, 6.07) is 3.05. The molecule has 1 aromatic carbocycles. The lowest BCUT2D eigenvalue weighted by Crippen LogP contribution is -2.12. The monoisotopic (exact) mass is 315 g/mol. The summed E-state index contributed by atoms with van der Waals surface area (Å²) in [6.07, 6.45) is 3.84. The Labute approximate surface area is 118 Å². The fraction of sp³-hybridized carbons (Fsp3) is 0. The van der Waals surface area contributed by atoms with Crippen LogP contribution in [0.15, 0.2) is 41.8 Å². The first-order valence-electron chi connectivity index (χ1n) is 5.18. The molecule has 0 saturated carbocycles. The maximum atomic E-state index is 13.6. The van der Waals surface area contributed by atoms with Gasteiger partial charge in [-0.15, -0.1) is 0 Å². The summed E-state index contributed by atoms with van der Waals surface area (Å²) in [7, 11) is 0.880. The molecule has 9 heteroatoms. The van der Waals surface area contributed by atoms with E-state index in [4.69, 9.17) is 10.7 Å². The minimum absolute atomic E-state index is 0.0837. The lowest BCUT2D eigenvalue weighted by Gasteiger charge is -2.06. The topological polar surface area (TPSA) is 89.0 Å². The molecule has 0 bridgehead atoms. The van der Waals surface area contributed by atoms with Crippen molar-refractivity contribution in [3.8, 4) is 0 Å². The SMILES string of the molecule is O=C(Nc1ccc(S(=O)(=O)Cl)c(F)c1)c1cncnc1. The van der Waals surface area contributed by atoms with Gasteiger partial charge in [0.15, 0.2) is 0 Å². The molecule has 1 N–H and O–H groups in total. The first kappa shape index (κ1) is 14.4. The number of hydrogen-bond acceptors (Lipinski definition) is 5. The van der Waals surface area contributed by atoms with Crippen molar-refractivity contribution >= 4 is 31.3 Å². The number of anilines is 1. The summed E-state index contributed by atoms with van der Waals surface area (Å²) >= 11 is 0. The first-order chi connectivity index (χ1) is 9.38. The fourth-order valence-corrected chi connectivity index (χ4v) is 2.29. The number of halogens is 2. The van der Waals surface area contributed by atoms with Crippen molar-refractivity contribution in [1.82, 2.24) is 9.97 Å². The normalized spacial score (nSPS) is 11.1. The maximum absolute atomic E-state index is 13.6. The van der Waals surface area contributed by atoms with E-state index in [-0.39, 0.29) is 11.3 Å². The summed E-state index contributed by atoms with van der Waals surface area (Å²) in [5.74, 6) is -1.60. The zero-order chi connectivity index (χ0) is 14.8. The fourth-order valence-electron chi connectivity index (χ4n) is 1.40. The average molecular weight is 316 g/mol. The molecular formula is C11H7ClFN3O3S. The van der Waals surface area contributed by atoms with Crippen molar-refractivity contribution in [1.29, 1.82) is 0 Å². The van der Waals surface area contributed by atoms with E-state index in [1.165, 1.54) is 24.8 Å². The Morgan fingerprint density at radius 2 is 1.90 bits per heavy atom. The molecule has 1 amide bonds. The van der Waals surface area contributed by atoms with E-state index in [0.29, 0.717) is 0 Å². The predicted octanol–water partition coefficient (Wildman–Crippen LogP) is 1.80. The van der Waals surface area contributed by atoms with Gasteiger partial charge in [-0.25, -0.2) is 22.8 Å². The van der Waals surface area contributed by atoms with E-state index >= 15 is 0 Å². The van der Waals surface area contributed by atoms with Gasteiger partial charge in [0.1, 0.15) is 17.0 Å². The quantitative estimate of drug-likeness (QED) is 0.872. The molecule has 2 rings (SSSR count). The van der Waals surface area contributed by atoms with Crippen molar-refractivity contribution < 1.29 is 17.6 Å². The minimum Gasteiger partial charge on any atom is -0.322 e. The summed E-state index contributed by atoms with van der Waals surface area (Å²) in [4.78, 5) is 18.4. The second-order valence-electron chi connectivity index (χ2n) is 3.66. The third-order valence-electron chi connectivity index (χ3n) is 2.28. The van der Waals surface area contributed by atoms with Gasteiger partial charge in [-0.2, -0.15) is 0 Å². The van der Waals surface area contributed by atoms with Gasteiger partial charge in [0.25, 0.3) is 15.0 Å². The molecular weight excluding hydrogens is 309 g/mol. The summed E-state index contributed by atoms with van der Waals surface area (Å²) in [6.45, 7) is 0. The smallest absolute Gasteiger partial charge is 0.264 e. The first-order valence-corrected chi connectivity index (χ1v) is 7.49. The van der Waals surface area contributed by atoms with Gasteiger partial charge in [0.05, 0.1) is 5.56 Å². The predicted molar refractivity (Wildman–Crippen MR) is 69.4 cm³/mol. The van der Waals surface area contributed by atoms with Crippen LogP contribution >= 0.6 is 10.7 Å². The van der Waals surface area contributed by atoms with Gasteiger partial charge in [-0.05, 0) is 18.2 Å². The Balaban J connectivity index is 2.24. The van der Waals surface area contributed by atoms with Crippen molar-refractivity contribution in [3.05, 3.63) is 48.3 Å². The zero-order valence-electron chi connectivity index (χ0n) is 9.75. The highest BCUT2D eigenvalue weighted by atomic mass is 35.7. The second-order valence-corrected chi connectivity index (χ2v) is 6.20. The van der Waals surface area contributed by atoms with Crippen LogP contribution in [0.25, 0.3) is 0 Å². The van der Waals surface area contributed by atoms with E-state index in [1.807, 2.05) is 0 Å². The molecule has 0 unspecified atom stereocenters. The molecule has 2 aromatic rings. The minimum atomic E-state index is -4.17. The summed E-state index contributed by atoms with van der Waals surface area (Å²) < 4.78 is 35.6. The zero-order valence-corrected chi connectivity index (χ0v) is 11.3.